The van der Waals surface area contributed by atoms with Crippen LogP contribution in [0.25, 0.3) is 0 Å². The lowest BCUT2D eigenvalue weighted by atomic mass is 9.76. The number of piperidine rings is 1. The molecule has 1 fully saturated rings. The van der Waals surface area contributed by atoms with Crippen LogP contribution in [-0.4, -0.2) is 47.1 Å². The van der Waals surface area contributed by atoms with Gasteiger partial charge in [-0.25, -0.2) is 4.98 Å². The van der Waals surface area contributed by atoms with Crippen LogP contribution < -0.4 is 15.0 Å². The second kappa shape index (κ2) is 6.36. The third-order valence-electron chi connectivity index (χ3n) is 6.29. The Morgan fingerprint density at radius 2 is 1.96 bits per heavy atom. The number of ether oxygens (including phenoxy) is 2. The summed E-state index contributed by atoms with van der Waals surface area (Å²) in [5.74, 6) is 1.82. The Labute approximate surface area is 162 Å². The molecule has 7 nitrogen and oxygen atoms in total. The summed E-state index contributed by atoms with van der Waals surface area (Å²) in [5, 5.41) is 0. The van der Waals surface area contributed by atoms with Crippen molar-refractivity contribution in [2.24, 2.45) is 0 Å². The highest BCUT2D eigenvalue weighted by Gasteiger charge is 2.44. The van der Waals surface area contributed by atoms with Gasteiger partial charge in [-0.2, -0.15) is 0 Å². The van der Waals surface area contributed by atoms with Gasteiger partial charge < -0.3 is 19.4 Å². The standard InChI is InChI=1S/C21H23N3O4/c1-13-22-18-15(19(25)23-13)5-6-21(18)7-9-24(10-8-21)20(26)14-3-2-4-16-17(14)28-12-11-27-16/h2-4H,5-12H2,1H3,(H,22,23,25). The molecule has 3 heterocycles. The first-order valence-electron chi connectivity index (χ1n) is 9.86. The molecular formula is C21H23N3O4. The average Bonchev–Trinajstić information content (AvgIpc) is 3.06. The number of nitrogens with one attached hydrogen (secondary N) is 1. The molecule has 28 heavy (non-hydrogen) atoms. The maximum Gasteiger partial charge on any atom is 0.257 e. The number of aromatic amines is 1. The normalized spacial score (nSPS) is 19.5. The van der Waals surface area contributed by atoms with E-state index in [1.807, 2.05) is 24.0 Å². The highest BCUT2D eigenvalue weighted by Crippen LogP contribution is 2.44. The third-order valence-corrected chi connectivity index (χ3v) is 6.29. The summed E-state index contributed by atoms with van der Waals surface area (Å²) < 4.78 is 11.3. The van der Waals surface area contributed by atoms with E-state index >= 15 is 0 Å². The molecule has 7 heteroatoms. The zero-order valence-electron chi connectivity index (χ0n) is 15.9. The molecule has 1 saturated heterocycles. The Morgan fingerprint density at radius 3 is 2.79 bits per heavy atom. The van der Waals surface area contributed by atoms with Crippen LogP contribution in [0.5, 0.6) is 11.5 Å². The zero-order valence-corrected chi connectivity index (χ0v) is 15.9. The number of aryl methyl sites for hydroxylation is 1. The fraction of sp³-hybridized carbons (Fsp3) is 0.476. The van der Waals surface area contributed by atoms with Crippen molar-refractivity contribution in [3.63, 3.8) is 0 Å². The molecule has 1 spiro atoms. The maximum atomic E-state index is 13.1. The molecule has 0 bridgehead atoms. The average molecular weight is 381 g/mol. The number of aromatic nitrogens is 2. The van der Waals surface area contributed by atoms with Gasteiger partial charge in [-0.1, -0.05) is 6.07 Å². The first-order chi connectivity index (χ1) is 13.6. The molecule has 2 aromatic rings. The molecule has 0 radical (unpaired) electrons. The van der Waals surface area contributed by atoms with Gasteiger partial charge in [0.2, 0.25) is 0 Å². The van der Waals surface area contributed by atoms with E-state index in [4.69, 9.17) is 9.47 Å². The smallest absolute Gasteiger partial charge is 0.257 e. The van der Waals surface area contributed by atoms with Crippen LogP contribution >= 0.6 is 0 Å². The van der Waals surface area contributed by atoms with Crippen LogP contribution in [0.1, 0.15) is 46.7 Å². The summed E-state index contributed by atoms with van der Waals surface area (Å²) in [6, 6.07) is 5.46. The Bertz CT molecular complexity index is 1010. The minimum absolute atomic E-state index is 0.00839. The molecule has 1 aromatic carbocycles. The van der Waals surface area contributed by atoms with Crippen molar-refractivity contribution in [3.8, 4) is 11.5 Å². The minimum Gasteiger partial charge on any atom is -0.486 e. The monoisotopic (exact) mass is 381 g/mol. The predicted molar refractivity (Wildman–Crippen MR) is 102 cm³/mol. The van der Waals surface area contributed by atoms with Gasteiger partial charge in [0.1, 0.15) is 19.0 Å². The van der Waals surface area contributed by atoms with Gasteiger partial charge >= 0.3 is 0 Å². The summed E-state index contributed by atoms with van der Waals surface area (Å²) in [6.07, 6.45) is 3.35. The zero-order chi connectivity index (χ0) is 19.3. The quantitative estimate of drug-likeness (QED) is 0.816. The summed E-state index contributed by atoms with van der Waals surface area (Å²) >= 11 is 0. The van der Waals surface area contributed by atoms with Gasteiger partial charge in [0.05, 0.1) is 11.3 Å². The lowest BCUT2D eigenvalue weighted by molar-refractivity contribution is 0.0653. The predicted octanol–water partition coefficient (Wildman–Crippen LogP) is 1.97. The highest BCUT2D eigenvalue weighted by molar-refractivity contribution is 5.98. The van der Waals surface area contributed by atoms with Crippen LogP contribution in [0.4, 0.5) is 0 Å². The number of para-hydroxylation sites is 1. The molecule has 0 unspecified atom stereocenters. The van der Waals surface area contributed by atoms with Crippen molar-refractivity contribution < 1.29 is 14.3 Å². The Morgan fingerprint density at radius 1 is 1.18 bits per heavy atom. The summed E-state index contributed by atoms with van der Waals surface area (Å²) in [6.45, 7) is 4.08. The number of rotatable bonds is 1. The molecule has 146 valence electrons. The lowest BCUT2D eigenvalue weighted by Gasteiger charge is -2.39. The minimum atomic E-state index is -0.0825. The van der Waals surface area contributed by atoms with Crippen molar-refractivity contribution in [2.75, 3.05) is 26.3 Å². The number of hydrogen-bond acceptors (Lipinski definition) is 5. The largest absolute Gasteiger partial charge is 0.486 e. The number of benzene rings is 1. The fourth-order valence-electron chi connectivity index (χ4n) is 4.80. The van der Waals surface area contributed by atoms with E-state index < -0.39 is 0 Å². The third kappa shape index (κ3) is 2.60. The number of nitrogens with zero attached hydrogens (tertiary/aromatic N) is 2. The number of hydrogen-bond donors (Lipinski definition) is 1. The molecule has 1 aromatic heterocycles. The Balaban J connectivity index is 1.38. The van der Waals surface area contributed by atoms with Gasteiger partial charge in [0.15, 0.2) is 11.5 Å². The van der Waals surface area contributed by atoms with Gasteiger partial charge in [-0.3, -0.25) is 9.59 Å². The Kier molecular flexibility index (Phi) is 3.92. The van der Waals surface area contributed by atoms with Crippen molar-refractivity contribution >= 4 is 5.91 Å². The molecule has 1 amide bonds. The van der Waals surface area contributed by atoms with Crippen molar-refractivity contribution in [1.82, 2.24) is 14.9 Å². The first-order valence-corrected chi connectivity index (χ1v) is 9.86. The van der Waals surface area contributed by atoms with Crippen LogP contribution in [0.15, 0.2) is 23.0 Å². The molecule has 0 saturated carbocycles. The van der Waals surface area contributed by atoms with Crippen LogP contribution in [0, 0.1) is 6.92 Å². The van der Waals surface area contributed by atoms with Gasteiger partial charge in [0, 0.05) is 24.1 Å². The van der Waals surface area contributed by atoms with E-state index in [9.17, 15) is 9.59 Å². The van der Waals surface area contributed by atoms with Gasteiger partial charge in [-0.05, 0) is 44.7 Å². The summed E-state index contributed by atoms with van der Waals surface area (Å²) in [4.78, 5) is 34.8. The van der Waals surface area contributed by atoms with E-state index in [1.54, 1.807) is 6.07 Å². The summed E-state index contributed by atoms with van der Waals surface area (Å²) in [5.41, 5.74) is 2.25. The summed E-state index contributed by atoms with van der Waals surface area (Å²) in [7, 11) is 0. The van der Waals surface area contributed by atoms with Gasteiger partial charge in [0.25, 0.3) is 11.5 Å². The number of H-pyrrole nitrogens is 1. The van der Waals surface area contributed by atoms with Crippen LogP contribution in [-0.2, 0) is 11.8 Å². The van der Waals surface area contributed by atoms with Crippen LogP contribution in [0.3, 0.4) is 0 Å². The molecule has 0 atom stereocenters. The topological polar surface area (TPSA) is 84.5 Å². The van der Waals surface area contributed by atoms with E-state index in [0.29, 0.717) is 49.2 Å². The van der Waals surface area contributed by atoms with Crippen LogP contribution in [0.2, 0.25) is 0 Å². The van der Waals surface area contributed by atoms with Crippen molar-refractivity contribution in [1.29, 1.82) is 0 Å². The molecule has 3 aliphatic rings. The lowest BCUT2D eigenvalue weighted by Crippen LogP contribution is -2.45. The van der Waals surface area contributed by atoms with E-state index in [1.165, 1.54) is 0 Å². The maximum absolute atomic E-state index is 13.1. The van der Waals surface area contributed by atoms with E-state index in [2.05, 4.69) is 9.97 Å². The van der Waals surface area contributed by atoms with Gasteiger partial charge in [-0.15, -0.1) is 0 Å². The second-order valence-electron chi connectivity index (χ2n) is 7.88. The van der Waals surface area contributed by atoms with Crippen molar-refractivity contribution in [3.05, 3.63) is 51.2 Å². The molecule has 2 aliphatic heterocycles. The molecule has 1 aliphatic carbocycles. The molecular weight excluding hydrogens is 358 g/mol. The first kappa shape index (κ1) is 17.3. The second-order valence-corrected chi connectivity index (χ2v) is 7.88. The molecule has 5 rings (SSSR count). The number of carbonyl (C=O) groups excluding carboxylic acids is 1. The number of carbonyl (C=O) groups is 1. The van der Waals surface area contributed by atoms with Crippen molar-refractivity contribution in [2.45, 2.75) is 38.0 Å². The number of likely N-dealkylation sites (tertiary alicyclic amines) is 1. The fourth-order valence-corrected chi connectivity index (χ4v) is 4.80. The SMILES string of the molecule is Cc1nc2c(c(=O)[nH]1)CCC21CCN(C(=O)c2cccc3c2OCCO3)CC1. The highest BCUT2D eigenvalue weighted by atomic mass is 16.6. The van der Waals surface area contributed by atoms with E-state index in [-0.39, 0.29) is 16.9 Å². The molecule has 1 N–H and O–H groups in total. The van der Waals surface area contributed by atoms with E-state index in [0.717, 1.165) is 36.9 Å². The number of fused-ring (bicyclic) bond motifs is 3. The number of amides is 1. The Hall–Kier alpha value is -2.83.